The smallest absolute Gasteiger partial charge is 0.246 e. The lowest BCUT2D eigenvalue weighted by molar-refractivity contribution is -0.124. The van der Waals surface area contributed by atoms with Gasteiger partial charge in [0.05, 0.1) is 6.07 Å². The zero-order chi connectivity index (χ0) is 22.1. The maximum Gasteiger partial charge on any atom is 0.246 e. The van der Waals surface area contributed by atoms with Crippen LogP contribution in [0, 0.1) is 42.7 Å². The summed E-state index contributed by atoms with van der Waals surface area (Å²) in [6.45, 7) is 3.40. The van der Waals surface area contributed by atoms with E-state index in [0.717, 1.165) is 16.4 Å². The van der Waals surface area contributed by atoms with E-state index in [2.05, 4.69) is 9.97 Å². The lowest BCUT2D eigenvalue weighted by Gasteiger charge is -2.31. The second-order valence-corrected chi connectivity index (χ2v) is 9.13. The van der Waals surface area contributed by atoms with Crippen molar-refractivity contribution in [3.8, 4) is 6.07 Å². The zero-order valence-corrected chi connectivity index (χ0v) is 17.3. The number of aromatic nitrogens is 2. The number of rotatable bonds is 5. The van der Waals surface area contributed by atoms with E-state index < -0.39 is 38.4 Å². The van der Waals surface area contributed by atoms with Gasteiger partial charge in [0, 0.05) is 30.4 Å². The average molecular weight is 434 g/mol. The zero-order valence-electron chi connectivity index (χ0n) is 16.5. The topological polar surface area (TPSA) is 104 Å². The molecule has 0 spiro atoms. The first-order valence-electron chi connectivity index (χ1n) is 9.34. The van der Waals surface area contributed by atoms with Crippen LogP contribution >= 0.6 is 0 Å². The van der Waals surface area contributed by atoms with Crippen LogP contribution in [0.3, 0.4) is 0 Å². The molecule has 2 heterocycles. The van der Waals surface area contributed by atoms with E-state index in [4.69, 9.17) is 0 Å². The Morgan fingerprint density at radius 3 is 2.33 bits per heavy atom. The molecular weight excluding hydrogens is 414 g/mol. The molecule has 30 heavy (non-hydrogen) atoms. The van der Waals surface area contributed by atoms with Crippen LogP contribution in [0.15, 0.2) is 29.2 Å². The average Bonchev–Trinajstić information content (AvgIpc) is 2.69. The summed E-state index contributed by atoms with van der Waals surface area (Å²) < 4.78 is 53.8. The Bertz CT molecular complexity index is 1100. The van der Waals surface area contributed by atoms with E-state index in [0.29, 0.717) is 17.5 Å². The van der Waals surface area contributed by atoms with Gasteiger partial charge < -0.3 is 0 Å². The number of Topliss-reactive ketones (excluding diaryl/α,β-unsaturated/α-hetero) is 1. The number of halogens is 2. The second kappa shape index (κ2) is 8.53. The van der Waals surface area contributed by atoms with Gasteiger partial charge in [-0.05, 0) is 51.0 Å². The number of carbonyl (C=O) groups excluding carboxylic acids is 1. The van der Waals surface area contributed by atoms with Gasteiger partial charge in [-0.15, -0.1) is 0 Å². The molecule has 2 aromatic rings. The third-order valence-electron chi connectivity index (χ3n) is 5.04. The van der Waals surface area contributed by atoms with E-state index >= 15 is 0 Å². The summed E-state index contributed by atoms with van der Waals surface area (Å²) in [5.74, 6) is -3.81. The van der Waals surface area contributed by atoms with E-state index in [1.165, 1.54) is 0 Å². The van der Waals surface area contributed by atoms with Crippen molar-refractivity contribution in [3.05, 3.63) is 53.1 Å². The molecular formula is C20H20F2N4O3S. The summed E-state index contributed by atoms with van der Waals surface area (Å²) in [6.07, 6.45) is 0.329. The van der Waals surface area contributed by atoms with Crippen molar-refractivity contribution in [2.45, 2.75) is 37.5 Å². The van der Waals surface area contributed by atoms with Gasteiger partial charge in [-0.2, -0.15) is 9.57 Å². The summed E-state index contributed by atoms with van der Waals surface area (Å²) in [5.41, 5.74) is 1.28. The number of carbonyl (C=O) groups is 1. The summed E-state index contributed by atoms with van der Waals surface area (Å²) in [5, 5.41) is 9.51. The van der Waals surface area contributed by atoms with Crippen LogP contribution in [-0.2, 0) is 14.8 Å². The van der Waals surface area contributed by atoms with Crippen molar-refractivity contribution >= 4 is 15.8 Å². The fourth-order valence-electron chi connectivity index (χ4n) is 3.56. The number of hydrogen-bond donors (Lipinski definition) is 0. The Hall–Kier alpha value is -2.77. The first-order chi connectivity index (χ1) is 14.1. The van der Waals surface area contributed by atoms with E-state index in [1.807, 2.05) is 6.07 Å². The van der Waals surface area contributed by atoms with Crippen LogP contribution in [0.2, 0.25) is 0 Å². The first-order valence-corrected chi connectivity index (χ1v) is 10.8. The van der Waals surface area contributed by atoms with Gasteiger partial charge in [-0.1, -0.05) is 0 Å². The summed E-state index contributed by atoms with van der Waals surface area (Å²) in [6, 6.07) is 5.94. The highest BCUT2D eigenvalue weighted by molar-refractivity contribution is 7.89. The molecule has 1 aliphatic rings. The molecule has 1 fully saturated rings. The Kier molecular flexibility index (Phi) is 6.24. The van der Waals surface area contributed by atoms with Crippen LogP contribution in [0.25, 0.3) is 0 Å². The number of sulfonamides is 1. The lowest BCUT2D eigenvalue weighted by atomic mass is 9.86. The fraction of sp³-hybridized carbons (Fsp3) is 0.400. The molecule has 1 unspecified atom stereocenters. The highest BCUT2D eigenvalue weighted by Crippen LogP contribution is 2.29. The van der Waals surface area contributed by atoms with Gasteiger partial charge in [0.2, 0.25) is 10.0 Å². The van der Waals surface area contributed by atoms with Gasteiger partial charge in [-0.25, -0.2) is 27.2 Å². The fourth-order valence-corrected chi connectivity index (χ4v) is 5.11. The van der Waals surface area contributed by atoms with Crippen molar-refractivity contribution < 1.29 is 22.0 Å². The number of hydrogen-bond acceptors (Lipinski definition) is 6. The summed E-state index contributed by atoms with van der Waals surface area (Å²) in [7, 11) is -4.24. The van der Waals surface area contributed by atoms with Gasteiger partial charge in [0.1, 0.15) is 16.5 Å². The maximum atomic E-state index is 14.0. The van der Waals surface area contributed by atoms with Gasteiger partial charge in [0.15, 0.2) is 17.5 Å². The molecule has 0 bridgehead atoms. The molecule has 1 saturated heterocycles. The van der Waals surface area contributed by atoms with Crippen molar-refractivity contribution in [2.75, 3.05) is 13.1 Å². The highest BCUT2D eigenvalue weighted by atomic mass is 32.2. The summed E-state index contributed by atoms with van der Waals surface area (Å²) >= 11 is 0. The lowest BCUT2D eigenvalue weighted by Crippen LogP contribution is -2.41. The maximum absolute atomic E-state index is 14.0. The third kappa shape index (κ3) is 4.37. The molecule has 1 atom stereocenters. The standard InChI is InChI=1S/C20H20F2N4O3S/c1-12-9-13(2)25-20(24-12)16(11-23)19(27)14-5-7-26(8-6-14)30(28,29)18-10-15(21)3-4-17(18)22/h3-4,9-10,14,16H,5-8H2,1-2H3. The molecule has 0 N–H and O–H groups in total. The number of nitrogens with zero attached hydrogens (tertiary/aromatic N) is 4. The first kappa shape index (κ1) is 21.9. The molecule has 0 radical (unpaired) electrons. The predicted molar refractivity (Wildman–Crippen MR) is 103 cm³/mol. The monoisotopic (exact) mass is 434 g/mol. The van der Waals surface area contributed by atoms with Gasteiger partial charge >= 0.3 is 0 Å². The Labute approximate surface area is 173 Å². The van der Waals surface area contributed by atoms with Gasteiger partial charge in [-0.3, -0.25) is 4.79 Å². The molecule has 0 amide bonds. The minimum absolute atomic E-state index is 0.0411. The molecule has 158 valence electrons. The summed E-state index contributed by atoms with van der Waals surface area (Å²) in [4.78, 5) is 20.6. The molecule has 0 aliphatic carbocycles. The normalized spacial score (nSPS) is 16.8. The largest absolute Gasteiger partial charge is 0.297 e. The Morgan fingerprint density at radius 1 is 1.17 bits per heavy atom. The quantitative estimate of drug-likeness (QED) is 0.717. The van der Waals surface area contributed by atoms with E-state index in [9.17, 15) is 27.3 Å². The number of benzene rings is 1. The Morgan fingerprint density at radius 2 is 1.77 bits per heavy atom. The number of aryl methyl sites for hydroxylation is 2. The number of piperidine rings is 1. The Balaban J connectivity index is 1.75. The predicted octanol–water partition coefficient (Wildman–Crippen LogP) is 2.65. The van der Waals surface area contributed by atoms with Gasteiger partial charge in [0.25, 0.3) is 0 Å². The van der Waals surface area contributed by atoms with Crippen molar-refractivity contribution in [1.82, 2.24) is 14.3 Å². The van der Waals surface area contributed by atoms with Crippen LogP contribution in [0.4, 0.5) is 8.78 Å². The minimum atomic E-state index is -4.24. The van der Waals surface area contributed by atoms with Crippen molar-refractivity contribution in [2.24, 2.45) is 5.92 Å². The molecule has 1 aromatic carbocycles. The number of nitriles is 1. The molecule has 7 nitrogen and oxygen atoms in total. The molecule has 3 rings (SSSR count). The van der Waals surface area contributed by atoms with Crippen LogP contribution in [-0.4, -0.2) is 41.6 Å². The van der Waals surface area contributed by atoms with Crippen molar-refractivity contribution in [3.63, 3.8) is 0 Å². The number of ketones is 1. The van der Waals surface area contributed by atoms with Crippen LogP contribution < -0.4 is 0 Å². The second-order valence-electron chi connectivity index (χ2n) is 7.23. The van der Waals surface area contributed by atoms with Crippen LogP contribution in [0.1, 0.15) is 36.0 Å². The highest BCUT2D eigenvalue weighted by Gasteiger charge is 2.37. The van der Waals surface area contributed by atoms with E-state index in [1.54, 1.807) is 19.9 Å². The SMILES string of the molecule is Cc1cc(C)nc(C(C#N)C(=O)C2CCN(S(=O)(=O)c3cc(F)ccc3F)CC2)n1. The van der Waals surface area contributed by atoms with Crippen molar-refractivity contribution in [1.29, 1.82) is 5.26 Å². The molecule has 1 aliphatic heterocycles. The van der Waals surface area contributed by atoms with E-state index in [-0.39, 0.29) is 37.5 Å². The molecule has 1 aromatic heterocycles. The third-order valence-corrected chi connectivity index (χ3v) is 6.95. The molecule has 10 heteroatoms. The minimum Gasteiger partial charge on any atom is -0.297 e. The molecule has 0 saturated carbocycles. The van der Waals surface area contributed by atoms with Crippen LogP contribution in [0.5, 0.6) is 0 Å².